The maximum atomic E-state index is 12.4. The van der Waals surface area contributed by atoms with Crippen molar-refractivity contribution in [3.05, 3.63) is 62.3 Å². The maximum Gasteiger partial charge on any atom is 0.259 e. The van der Waals surface area contributed by atoms with Crippen LogP contribution in [0.4, 0.5) is 0 Å². The van der Waals surface area contributed by atoms with Crippen molar-refractivity contribution in [1.82, 2.24) is 20.2 Å². The molecule has 4 rings (SSSR count). The summed E-state index contributed by atoms with van der Waals surface area (Å²) in [7, 11) is 0. The first-order valence-corrected chi connectivity index (χ1v) is 10.8. The van der Waals surface area contributed by atoms with Crippen molar-refractivity contribution in [2.24, 2.45) is 0 Å². The zero-order valence-corrected chi connectivity index (χ0v) is 17.7. The number of thiophene rings is 1. The minimum atomic E-state index is -0.0745. The first-order chi connectivity index (χ1) is 13.4. The SMILES string of the molecule is Cc1ccc(-c2nnc([C@H](C)SCc3nc4sc(C)c(C)c4c(=O)[nH]3)o2)cc1. The normalized spacial score (nSPS) is 12.6. The molecule has 1 N–H and O–H groups in total. The fourth-order valence-electron chi connectivity index (χ4n) is 2.85. The summed E-state index contributed by atoms with van der Waals surface area (Å²) in [5, 5.41) is 9.02. The topological polar surface area (TPSA) is 84.7 Å². The van der Waals surface area contributed by atoms with Crippen LogP contribution in [0.3, 0.4) is 0 Å². The van der Waals surface area contributed by atoms with Crippen LogP contribution in [0.15, 0.2) is 33.5 Å². The van der Waals surface area contributed by atoms with E-state index in [1.54, 1.807) is 23.1 Å². The number of aromatic amines is 1. The molecule has 1 atom stereocenters. The van der Waals surface area contributed by atoms with Gasteiger partial charge in [-0.25, -0.2) is 4.98 Å². The molecule has 0 bridgehead atoms. The largest absolute Gasteiger partial charge is 0.420 e. The van der Waals surface area contributed by atoms with E-state index >= 15 is 0 Å². The van der Waals surface area contributed by atoms with E-state index in [1.165, 1.54) is 5.56 Å². The lowest BCUT2D eigenvalue weighted by Crippen LogP contribution is -2.11. The minimum absolute atomic E-state index is 0.0143. The summed E-state index contributed by atoms with van der Waals surface area (Å²) in [6, 6.07) is 7.98. The number of hydrogen-bond acceptors (Lipinski definition) is 7. The number of aromatic nitrogens is 4. The van der Waals surface area contributed by atoms with E-state index in [4.69, 9.17) is 4.42 Å². The van der Waals surface area contributed by atoms with Crippen LogP contribution in [0, 0.1) is 20.8 Å². The van der Waals surface area contributed by atoms with Gasteiger partial charge < -0.3 is 9.40 Å². The highest BCUT2D eigenvalue weighted by Crippen LogP contribution is 2.32. The number of nitrogens with zero attached hydrogens (tertiary/aromatic N) is 3. The van der Waals surface area contributed by atoms with Crippen molar-refractivity contribution in [2.75, 3.05) is 0 Å². The lowest BCUT2D eigenvalue weighted by molar-refractivity contribution is 0.509. The van der Waals surface area contributed by atoms with Gasteiger partial charge >= 0.3 is 0 Å². The second-order valence-corrected chi connectivity index (χ2v) is 9.27. The Morgan fingerprint density at radius 2 is 1.93 bits per heavy atom. The quantitative estimate of drug-likeness (QED) is 0.499. The van der Waals surface area contributed by atoms with E-state index in [2.05, 4.69) is 20.2 Å². The lowest BCUT2D eigenvalue weighted by Gasteiger charge is -2.06. The number of aryl methyl sites for hydroxylation is 3. The van der Waals surface area contributed by atoms with Crippen molar-refractivity contribution >= 4 is 33.3 Å². The highest BCUT2D eigenvalue weighted by molar-refractivity contribution is 7.98. The van der Waals surface area contributed by atoms with Crippen LogP contribution in [0.25, 0.3) is 21.7 Å². The van der Waals surface area contributed by atoms with Gasteiger partial charge in [-0.1, -0.05) is 17.7 Å². The fourth-order valence-corrected chi connectivity index (χ4v) is 4.69. The molecule has 0 saturated carbocycles. The van der Waals surface area contributed by atoms with Gasteiger partial charge in [0.2, 0.25) is 11.8 Å². The summed E-state index contributed by atoms with van der Waals surface area (Å²) in [5.41, 5.74) is 3.02. The van der Waals surface area contributed by atoms with Crippen LogP contribution in [-0.2, 0) is 5.75 Å². The number of nitrogens with one attached hydrogen (secondary N) is 1. The average Bonchev–Trinajstić information content (AvgIpc) is 3.26. The van der Waals surface area contributed by atoms with Gasteiger partial charge in [-0.15, -0.1) is 33.3 Å². The van der Waals surface area contributed by atoms with Gasteiger partial charge in [0.1, 0.15) is 10.7 Å². The molecule has 0 unspecified atom stereocenters. The van der Waals surface area contributed by atoms with Gasteiger partial charge in [0, 0.05) is 10.4 Å². The number of hydrogen-bond donors (Lipinski definition) is 1. The fraction of sp³-hybridized carbons (Fsp3) is 0.300. The van der Waals surface area contributed by atoms with Gasteiger partial charge in [-0.05, 0) is 45.4 Å². The zero-order chi connectivity index (χ0) is 19.8. The van der Waals surface area contributed by atoms with Crippen LogP contribution in [0.5, 0.6) is 0 Å². The molecule has 0 radical (unpaired) electrons. The summed E-state index contributed by atoms with van der Waals surface area (Å²) in [4.78, 5) is 21.8. The molecular formula is C20H20N4O2S2. The van der Waals surface area contributed by atoms with Gasteiger partial charge in [-0.3, -0.25) is 4.79 Å². The third kappa shape index (κ3) is 3.62. The Morgan fingerprint density at radius 3 is 2.68 bits per heavy atom. The monoisotopic (exact) mass is 412 g/mol. The number of H-pyrrole nitrogens is 1. The molecule has 0 aliphatic rings. The molecule has 0 saturated heterocycles. The number of thioether (sulfide) groups is 1. The van der Waals surface area contributed by atoms with Crippen molar-refractivity contribution in [2.45, 2.75) is 38.7 Å². The Balaban J connectivity index is 1.49. The van der Waals surface area contributed by atoms with E-state index in [9.17, 15) is 4.79 Å². The Labute approximate surface area is 170 Å². The van der Waals surface area contributed by atoms with E-state index in [0.29, 0.717) is 28.7 Å². The van der Waals surface area contributed by atoms with Crippen molar-refractivity contribution in [3.8, 4) is 11.5 Å². The Kier molecular flexibility index (Phi) is 5.07. The molecule has 8 heteroatoms. The van der Waals surface area contributed by atoms with Crippen LogP contribution in [-0.4, -0.2) is 20.2 Å². The minimum Gasteiger partial charge on any atom is -0.420 e. The molecule has 28 heavy (non-hydrogen) atoms. The van der Waals surface area contributed by atoms with Gasteiger partial charge in [0.25, 0.3) is 5.56 Å². The molecule has 144 valence electrons. The summed E-state index contributed by atoms with van der Waals surface area (Å²) in [6.07, 6.45) is 0. The van der Waals surface area contributed by atoms with Crippen molar-refractivity contribution in [3.63, 3.8) is 0 Å². The highest BCUT2D eigenvalue weighted by Gasteiger charge is 2.17. The Bertz CT molecular complexity index is 1190. The van der Waals surface area contributed by atoms with E-state index in [0.717, 1.165) is 20.8 Å². The van der Waals surface area contributed by atoms with Gasteiger partial charge in [0.05, 0.1) is 16.4 Å². The molecule has 0 fully saturated rings. The molecule has 4 aromatic rings. The van der Waals surface area contributed by atoms with E-state index in [1.807, 2.05) is 52.0 Å². The molecular weight excluding hydrogens is 392 g/mol. The molecule has 3 heterocycles. The second kappa shape index (κ2) is 7.52. The smallest absolute Gasteiger partial charge is 0.259 e. The van der Waals surface area contributed by atoms with Gasteiger partial charge in [-0.2, -0.15) is 0 Å². The van der Waals surface area contributed by atoms with Gasteiger partial charge in [0.15, 0.2) is 0 Å². The third-order valence-corrected chi connectivity index (χ3v) is 6.89. The lowest BCUT2D eigenvalue weighted by atomic mass is 10.1. The first-order valence-electron chi connectivity index (χ1n) is 8.93. The van der Waals surface area contributed by atoms with Crippen molar-refractivity contribution in [1.29, 1.82) is 0 Å². The van der Waals surface area contributed by atoms with Crippen LogP contribution < -0.4 is 5.56 Å². The maximum absolute atomic E-state index is 12.4. The predicted molar refractivity (Wildman–Crippen MR) is 114 cm³/mol. The summed E-state index contributed by atoms with van der Waals surface area (Å²) in [5.74, 6) is 2.30. The first kappa shape index (κ1) is 18.9. The Hall–Kier alpha value is -2.45. The van der Waals surface area contributed by atoms with Crippen LogP contribution in [0.2, 0.25) is 0 Å². The molecule has 1 aromatic carbocycles. The predicted octanol–water partition coefficient (Wildman–Crippen LogP) is 4.95. The Morgan fingerprint density at radius 1 is 1.18 bits per heavy atom. The van der Waals surface area contributed by atoms with Crippen LogP contribution in [0.1, 0.15) is 39.9 Å². The number of rotatable bonds is 5. The van der Waals surface area contributed by atoms with E-state index in [-0.39, 0.29) is 10.8 Å². The second-order valence-electron chi connectivity index (χ2n) is 6.74. The van der Waals surface area contributed by atoms with E-state index < -0.39 is 0 Å². The summed E-state index contributed by atoms with van der Waals surface area (Å²) < 4.78 is 5.84. The summed E-state index contributed by atoms with van der Waals surface area (Å²) in [6.45, 7) is 8.02. The third-order valence-electron chi connectivity index (χ3n) is 4.65. The molecule has 0 aliphatic carbocycles. The molecule has 6 nitrogen and oxygen atoms in total. The summed E-state index contributed by atoms with van der Waals surface area (Å²) >= 11 is 3.16. The standard InChI is InChI=1S/C20H20N4O2S2/c1-10-5-7-14(8-6-10)19-24-23-18(26-19)13(4)27-9-15-21-17(25)16-11(2)12(3)28-20(16)22-15/h5-8,13H,9H2,1-4H3,(H,21,22,25)/t13-/m0/s1. The average molecular weight is 413 g/mol. The molecule has 0 aliphatic heterocycles. The molecule has 0 amide bonds. The number of benzene rings is 1. The van der Waals surface area contributed by atoms with Crippen molar-refractivity contribution < 1.29 is 4.42 Å². The van der Waals surface area contributed by atoms with Crippen LogP contribution >= 0.6 is 23.1 Å². The molecule has 0 spiro atoms. The zero-order valence-electron chi connectivity index (χ0n) is 16.1. The highest BCUT2D eigenvalue weighted by atomic mass is 32.2. The number of fused-ring (bicyclic) bond motifs is 1. The molecule has 3 aromatic heterocycles.